The minimum atomic E-state index is -0.288. The van der Waals surface area contributed by atoms with Crippen molar-refractivity contribution in [3.8, 4) is 0 Å². The average Bonchev–Trinajstić information content (AvgIpc) is 3.04. The molecule has 0 aliphatic carbocycles. The largest absolute Gasteiger partial charge is 0.331 e. The Labute approximate surface area is 139 Å². The average molecular weight is 326 g/mol. The van der Waals surface area contributed by atoms with Crippen LogP contribution in [-0.4, -0.2) is 23.3 Å². The van der Waals surface area contributed by atoms with Crippen LogP contribution in [0.4, 0.5) is 5.69 Å². The molecule has 0 fully saturated rings. The molecule has 0 saturated carbocycles. The summed E-state index contributed by atoms with van der Waals surface area (Å²) in [5.41, 5.74) is 2.42. The highest BCUT2D eigenvalue weighted by Crippen LogP contribution is 2.33. The third kappa shape index (κ3) is 3.05. The molecule has 0 saturated heterocycles. The third-order valence-corrected chi connectivity index (χ3v) is 5.10. The number of amides is 2. The molecule has 5 heteroatoms. The van der Waals surface area contributed by atoms with Crippen molar-refractivity contribution < 1.29 is 9.59 Å². The Balaban J connectivity index is 1.82. The fourth-order valence-electron chi connectivity index (χ4n) is 2.88. The number of thiophene rings is 1. The van der Waals surface area contributed by atoms with E-state index in [1.54, 1.807) is 35.6 Å². The molecular formula is C18H18N2O2S. The van der Waals surface area contributed by atoms with E-state index in [0.29, 0.717) is 11.3 Å². The molecule has 1 aliphatic rings. The third-order valence-electron chi connectivity index (χ3n) is 4.10. The molecular weight excluding hydrogens is 308 g/mol. The van der Waals surface area contributed by atoms with Crippen molar-refractivity contribution in [3.63, 3.8) is 0 Å². The number of carbonyl (C=O) groups excluding carboxylic acids is 2. The number of hydrogen-bond acceptors (Lipinski definition) is 3. The van der Waals surface area contributed by atoms with Gasteiger partial charge in [0, 0.05) is 22.7 Å². The van der Waals surface area contributed by atoms with Crippen LogP contribution < -0.4 is 5.32 Å². The second kappa shape index (κ2) is 6.38. The van der Waals surface area contributed by atoms with Gasteiger partial charge in [-0.1, -0.05) is 12.6 Å². The van der Waals surface area contributed by atoms with Crippen molar-refractivity contribution in [2.75, 3.05) is 11.9 Å². The molecule has 1 aliphatic heterocycles. The predicted molar refractivity (Wildman–Crippen MR) is 92.7 cm³/mol. The lowest BCUT2D eigenvalue weighted by molar-refractivity contribution is -0.111. The zero-order chi connectivity index (χ0) is 16.4. The number of carbonyl (C=O) groups is 2. The first-order chi connectivity index (χ1) is 11.1. The van der Waals surface area contributed by atoms with E-state index in [9.17, 15) is 9.59 Å². The van der Waals surface area contributed by atoms with Crippen LogP contribution in [0, 0.1) is 0 Å². The Morgan fingerprint density at radius 3 is 3.00 bits per heavy atom. The highest BCUT2D eigenvalue weighted by molar-refractivity contribution is 7.10. The van der Waals surface area contributed by atoms with Gasteiger partial charge in [0.2, 0.25) is 5.91 Å². The van der Waals surface area contributed by atoms with Gasteiger partial charge in [0.15, 0.2) is 0 Å². The number of rotatable bonds is 3. The molecule has 23 heavy (non-hydrogen) atoms. The SMILES string of the molecule is C=CC(=O)Nc1cccc(C(=O)N2CCc3sccc3C2C)c1. The number of benzene rings is 1. The Morgan fingerprint density at radius 2 is 2.22 bits per heavy atom. The molecule has 1 N–H and O–H groups in total. The van der Waals surface area contributed by atoms with Gasteiger partial charge in [0.25, 0.3) is 5.91 Å². The molecule has 0 radical (unpaired) electrons. The second-order valence-electron chi connectivity index (χ2n) is 5.50. The number of fused-ring (bicyclic) bond motifs is 1. The summed E-state index contributed by atoms with van der Waals surface area (Å²) < 4.78 is 0. The van der Waals surface area contributed by atoms with E-state index >= 15 is 0 Å². The molecule has 1 aromatic carbocycles. The van der Waals surface area contributed by atoms with E-state index in [1.165, 1.54) is 16.5 Å². The molecule has 1 unspecified atom stereocenters. The number of anilines is 1. The molecule has 2 heterocycles. The van der Waals surface area contributed by atoms with Crippen LogP contribution in [0.3, 0.4) is 0 Å². The topological polar surface area (TPSA) is 49.4 Å². The molecule has 1 aromatic heterocycles. The van der Waals surface area contributed by atoms with Gasteiger partial charge in [0.05, 0.1) is 6.04 Å². The lowest BCUT2D eigenvalue weighted by Gasteiger charge is -2.33. The number of nitrogens with one attached hydrogen (secondary N) is 1. The summed E-state index contributed by atoms with van der Waals surface area (Å²) in [5, 5.41) is 4.77. The molecule has 3 rings (SSSR count). The minimum Gasteiger partial charge on any atom is -0.331 e. The van der Waals surface area contributed by atoms with E-state index < -0.39 is 0 Å². The summed E-state index contributed by atoms with van der Waals surface area (Å²) in [6.45, 7) is 6.21. The van der Waals surface area contributed by atoms with Gasteiger partial charge in [-0.25, -0.2) is 0 Å². The van der Waals surface area contributed by atoms with Gasteiger partial charge in [-0.15, -0.1) is 11.3 Å². The second-order valence-corrected chi connectivity index (χ2v) is 6.50. The van der Waals surface area contributed by atoms with E-state index in [2.05, 4.69) is 30.3 Å². The molecule has 118 valence electrons. The van der Waals surface area contributed by atoms with Crippen LogP contribution in [0.5, 0.6) is 0 Å². The Hall–Kier alpha value is -2.40. The lowest BCUT2D eigenvalue weighted by Crippen LogP contribution is -2.38. The first-order valence-corrected chi connectivity index (χ1v) is 8.39. The van der Waals surface area contributed by atoms with Crippen molar-refractivity contribution >= 4 is 28.8 Å². The van der Waals surface area contributed by atoms with Crippen molar-refractivity contribution in [1.82, 2.24) is 4.90 Å². The summed E-state index contributed by atoms with van der Waals surface area (Å²) in [6, 6.07) is 9.20. The summed E-state index contributed by atoms with van der Waals surface area (Å²) in [4.78, 5) is 27.5. The van der Waals surface area contributed by atoms with E-state index in [0.717, 1.165) is 13.0 Å². The molecule has 2 aromatic rings. The van der Waals surface area contributed by atoms with Gasteiger partial charge >= 0.3 is 0 Å². The van der Waals surface area contributed by atoms with E-state index in [1.807, 2.05) is 4.90 Å². The van der Waals surface area contributed by atoms with Gasteiger partial charge in [-0.2, -0.15) is 0 Å². The normalized spacial score (nSPS) is 16.6. The highest BCUT2D eigenvalue weighted by atomic mass is 32.1. The minimum absolute atomic E-state index is 0.0101. The standard InChI is InChI=1S/C18H18N2O2S/c1-3-17(21)19-14-6-4-5-13(11-14)18(22)20-9-7-16-15(12(20)2)8-10-23-16/h3-6,8,10-12H,1,7,9H2,2H3,(H,19,21). The molecule has 0 bridgehead atoms. The molecule has 2 amide bonds. The van der Waals surface area contributed by atoms with Crippen LogP contribution in [0.25, 0.3) is 0 Å². The zero-order valence-corrected chi connectivity index (χ0v) is 13.7. The van der Waals surface area contributed by atoms with Gasteiger partial charge in [-0.3, -0.25) is 9.59 Å². The quantitative estimate of drug-likeness (QED) is 0.876. The highest BCUT2D eigenvalue weighted by Gasteiger charge is 2.28. The lowest BCUT2D eigenvalue weighted by atomic mass is 10.00. The predicted octanol–water partition coefficient (Wildman–Crippen LogP) is 3.63. The van der Waals surface area contributed by atoms with Crippen LogP contribution in [0.2, 0.25) is 0 Å². The first-order valence-electron chi connectivity index (χ1n) is 7.51. The Bertz CT molecular complexity index is 766. The number of nitrogens with zero attached hydrogens (tertiary/aromatic N) is 1. The number of hydrogen-bond donors (Lipinski definition) is 1. The summed E-state index contributed by atoms with van der Waals surface area (Å²) in [5.74, 6) is -0.298. The maximum Gasteiger partial charge on any atom is 0.254 e. The van der Waals surface area contributed by atoms with Crippen LogP contribution in [-0.2, 0) is 11.2 Å². The maximum absolute atomic E-state index is 12.8. The van der Waals surface area contributed by atoms with E-state index in [-0.39, 0.29) is 17.9 Å². The van der Waals surface area contributed by atoms with Gasteiger partial charge in [0.1, 0.15) is 0 Å². The smallest absolute Gasteiger partial charge is 0.254 e. The molecule has 0 spiro atoms. The summed E-state index contributed by atoms with van der Waals surface area (Å²) in [7, 11) is 0. The monoisotopic (exact) mass is 326 g/mol. The first kappa shape index (κ1) is 15.5. The summed E-state index contributed by atoms with van der Waals surface area (Å²) >= 11 is 1.76. The molecule has 1 atom stereocenters. The van der Waals surface area contributed by atoms with Crippen molar-refractivity contribution in [1.29, 1.82) is 0 Å². The van der Waals surface area contributed by atoms with Crippen molar-refractivity contribution in [2.45, 2.75) is 19.4 Å². The van der Waals surface area contributed by atoms with Gasteiger partial charge < -0.3 is 10.2 Å². The Morgan fingerprint density at radius 1 is 1.39 bits per heavy atom. The van der Waals surface area contributed by atoms with Gasteiger partial charge in [-0.05, 0) is 54.6 Å². The van der Waals surface area contributed by atoms with Crippen molar-refractivity contribution in [3.05, 3.63) is 64.4 Å². The maximum atomic E-state index is 12.8. The van der Waals surface area contributed by atoms with E-state index in [4.69, 9.17) is 0 Å². The zero-order valence-electron chi connectivity index (χ0n) is 12.9. The fraction of sp³-hybridized carbons (Fsp3) is 0.222. The fourth-order valence-corrected chi connectivity index (χ4v) is 3.84. The van der Waals surface area contributed by atoms with Crippen LogP contribution in [0.15, 0.2) is 48.4 Å². The van der Waals surface area contributed by atoms with Crippen LogP contribution in [0.1, 0.15) is 33.8 Å². The Kier molecular flexibility index (Phi) is 4.30. The molecule has 4 nitrogen and oxygen atoms in total. The summed E-state index contributed by atoms with van der Waals surface area (Å²) in [6.07, 6.45) is 2.11. The van der Waals surface area contributed by atoms with Crippen molar-refractivity contribution in [2.24, 2.45) is 0 Å². The van der Waals surface area contributed by atoms with Crippen LogP contribution >= 0.6 is 11.3 Å².